The zero-order chi connectivity index (χ0) is 12.0. The van der Waals surface area contributed by atoms with Gasteiger partial charge in [0.15, 0.2) is 0 Å². The van der Waals surface area contributed by atoms with Crippen molar-refractivity contribution < 1.29 is 5.11 Å². The Kier molecular flexibility index (Phi) is 5.30. The highest BCUT2D eigenvalue weighted by Gasteiger charge is 2.32. The van der Waals surface area contributed by atoms with Gasteiger partial charge >= 0.3 is 0 Å². The number of aliphatic hydroxyl groups excluding tert-OH is 1. The van der Waals surface area contributed by atoms with Crippen molar-refractivity contribution in [2.75, 3.05) is 26.2 Å². The fourth-order valence-electron chi connectivity index (χ4n) is 3.61. The zero-order valence-electron chi connectivity index (χ0n) is 11.3. The summed E-state index contributed by atoms with van der Waals surface area (Å²) in [7, 11) is 0. The molecular formula is C15H29NO. The summed E-state index contributed by atoms with van der Waals surface area (Å²) in [5.41, 5.74) is 0.237. The van der Waals surface area contributed by atoms with Crippen LogP contribution in [0, 0.1) is 5.41 Å². The van der Waals surface area contributed by atoms with Gasteiger partial charge < -0.3 is 10.0 Å². The molecule has 100 valence electrons. The van der Waals surface area contributed by atoms with Crippen molar-refractivity contribution in [3.8, 4) is 0 Å². The minimum Gasteiger partial charge on any atom is -0.396 e. The summed E-state index contributed by atoms with van der Waals surface area (Å²) in [4.78, 5) is 2.63. The maximum Gasteiger partial charge on any atom is 0.0499 e. The normalized spacial score (nSPS) is 27.4. The molecule has 0 radical (unpaired) electrons. The Balaban J connectivity index is 1.91. The van der Waals surface area contributed by atoms with Gasteiger partial charge in [-0.2, -0.15) is 0 Å². The standard InChI is InChI=1S/C15H29NO/c17-14-15(9-5-1-2-6-10-15)13-16-11-7-3-4-8-12-16/h17H,1-14H2. The van der Waals surface area contributed by atoms with Crippen LogP contribution >= 0.6 is 0 Å². The predicted octanol–water partition coefficient (Wildman–Crippen LogP) is 3.20. The van der Waals surface area contributed by atoms with Crippen molar-refractivity contribution in [2.24, 2.45) is 5.41 Å². The summed E-state index contributed by atoms with van der Waals surface area (Å²) in [6, 6.07) is 0. The van der Waals surface area contributed by atoms with Crippen LogP contribution < -0.4 is 0 Å². The monoisotopic (exact) mass is 239 g/mol. The van der Waals surface area contributed by atoms with E-state index >= 15 is 0 Å². The fraction of sp³-hybridized carbons (Fsp3) is 1.00. The summed E-state index contributed by atoms with van der Waals surface area (Å²) in [6.45, 7) is 4.09. The largest absolute Gasteiger partial charge is 0.396 e. The first-order valence-corrected chi connectivity index (χ1v) is 7.68. The highest BCUT2D eigenvalue weighted by Crippen LogP contribution is 2.35. The van der Waals surface area contributed by atoms with E-state index < -0.39 is 0 Å². The topological polar surface area (TPSA) is 23.5 Å². The zero-order valence-corrected chi connectivity index (χ0v) is 11.3. The third-order valence-corrected chi connectivity index (χ3v) is 4.76. The van der Waals surface area contributed by atoms with Gasteiger partial charge in [-0.25, -0.2) is 0 Å². The van der Waals surface area contributed by atoms with Crippen molar-refractivity contribution >= 4 is 0 Å². The SMILES string of the molecule is OCC1(CN2CCCCCC2)CCCCCC1. The molecular weight excluding hydrogens is 210 g/mol. The van der Waals surface area contributed by atoms with E-state index in [1.165, 1.54) is 77.3 Å². The number of hydrogen-bond donors (Lipinski definition) is 1. The average Bonchev–Trinajstić information content (AvgIpc) is 2.73. The van der Waals surface area contributed by atoms with Crippen LogP contribution in [0.25, 0.3) is 0 Å². The van der Waals surface area contributed by atoms with Crippen molar-refractivity contribution in [1.82, 2.24) is 4.90 Å². The molecule has 17 heavy (non-hydrogen) atoms. The highest BCUT2D eigenvalue weighted by atomic mass is 16.3. The number of aliphatic hydroxyl groups is 1. The maximum atomic E-state index is 9.84. The molecule has 0 aromatic heterocycles. The van der Waals surface area contributed by atoms with E-state index in [9.17, 15) is 5.11 Å². The molecule has 1 aliphatic carbocycles. The highest BCUT2D eigenvalue weighted by molar-refractivity contribution is 4.85. The second kappa shape index (κ2) is 6.75. The molecule has 0 unspecified atom stereocenters. The summed E-state index contributed by atoms with van der Waals surface area (Å²) < 4.78 is 0. The van der Waals surface area contributed by atoms with E-state index in [2.05, 4.69) is 4.90 Å². The second-order valence-corrected chi connectivity index (χ2v) is 6.26. The van der Waals surface area contributed by atoms with Crippen LogP contribution in [-0.4, -0.2) is 36.2 Å². The smallest absolute Gasteiger partial charge is 0.0499 e. The molecule has 1 aliphatic heterocycles. The lowest BCUT2D eigenvalue weighted by atomic mass is 9.80. The van der Waals surface area contributed by atoms with Crippen LogP contribution in [0.2, 0.25) is 0 Å². The van der Waals surface area contributed by atoms with Crippen molar-refractivity contribution in [3.63, 3.8) is 0 Å². The second-order valence-electron chi connectivity index (χ2n) is 6.26. The first-order valence-electron chi connectivity index (χ1n) is 7.68. The Morgan fingerprint density at radius 2 is 1.29 bits per heavy atom. The molecule has 0 atom stereocenters. The Morgan fingerprint density at radius 3 is 1.82 bits per heavy atom. The van der Waals surface area contributed by atoms with Gasteiger partial charge in [0.1, 0.15) is 0 Å². The lowest BCUT2D eigenvalue weighted by Gasteiger charge is -2.36. The minimum absolute atomic E-state index is 0.237. The van der Waals surface area contributed by atoms with Gasteiger partial charge in [-0.3, -0.25) is 0 Å². The molecule has 1 N–H and O–H groups in total. The Morgan fingerprint density at radius 1 is 0.765 bits per heavy atom. The van der Waals surface area contributed by atoms with Gasteiger partial charge in [-0.15, -0.1) is 0 Å². The van der Waals surface area contributed by atoms with E-state index in [4.69, 9.17) is 0 Å². The van der Waals surface area contributed by atoms with Gasteiger partial charge in [-0.1, -0.05) is 38.5 Å². The van der Waals surface area contributed by atoms with Gasteiger partial charge in [0.05, 0.1) is 0 Å². The molecule has 2 nitrogen and oxygen atoms in total. The summed E-state index contributed by atoms with van der Waals surface area (Å²) in [5.74, 6) is 0. The molecule has 0 spiro atoms. The van der Waals surface area contributed by atoms with Crippen molar-refractivity contribution in [1.29, 1.82) is 0 Å². The summed E-state index contributed by atoms with van der Waals surface area (Å²) >= 11 is 0. The van der Waals surface area contributed by atoms with Gasteiger partial charge in [0.2, 0.25) is 0 Å². The molecule has 2 heteroatoms. The summed E-state index contributed by atoms with van der Waals surface area (Å²) in [6.07, 6.45) is 13.4. The van der Waals surface area contributed by atoms with E-state index in [0.29, 0.717) is 6.61 Å². The van der Waals surface area contributed by atoms with Gasteiger partial charge in [0, 0.05) is 18.6 Å². The van der Waals surface area contributed by atoms with E-state index in [1.54, 1.807) is 0 Å². The number of likely N-dealkylation sites (tertiary alicyclic amines) is 1. The Hall–Kier alpha value is -0.0800. The first-order chi connectivity index (χ1) is 8.35. The van der Waals surface area contributed by atoms with E-state index in [0.717, 1.165) is 6.54 Å². The van der Waals surface area contributed by atoms with Crippen LogP contribution in [0.15, 0.2) is 0 Å². The van der Waals surface area contributed by atoms with Crippen LogP contribution in [0.1, 0.15) is 64.2 Å². The predicted molar refractivity (Wildman–Crippen MR) is 72.1 cm³/mol. The van der Waals surface area contributed by atoms with E-state index in [-0.39, 0.29) is 5.41 Å². The minimum atomic E-state index is 0.237. The van der Waals surface area contributed by atoms with Gasteiger partial charge in [0.25, 0.3) is 0 Å². The molecule has 1 saturated carbocycles. The molecule has 2 fully saturated rings. The number of nitrogens with zero attached hydrogens (tertiary/aromatic N) is 1. The van der Waals surface area contributed by atoms with Crippen LogP contribution in [0.3, 0.4) is 0 Å². The molecule has 0 amide bonds. The quantitative estimate of drug-likeness (QED) is 0.765. The van der Waals surface area contributed by atoms with Crippen LogP contribution in [-0.2, 0) is 0 Å². The van der Waals surface area contributed by atoms with Crippen molar-refractivity contribution in [3.05, 3.63) is 0 Å². The lowest BCUT2D eigenvalue weighted by Crippen LogP contribution is -2.40. The molecule has 1 saturated heterocycles. The number of hydrogen-bond acceptors (Lipinski definition) is 2. The lowest BCUT2D eigenvalue weighted by molar-refractivity contribution is 0.0606. The van der Waals surface area contributed by atoms with E-state index in [1.807, 2.05) is 0 Å². The average molecular weight is 239 g/mol. The molecule has 2 rings (SSSR count). The molecule has 0 aromatic carbocycles. The third-order valence-electron chi connectivity index (χ3n) is 4.76. The molecule has 2 aliphatic rings. The van der Waals surface area contributed by atoms with Crippen LogP contribution in [0.5, 0.6) is 0 Å². The first kappa shape index (κ1) is 13.4. The number of rotatable bonds is 3. The molecule has 0 bridgehead atoms. The molecule has 1 heterocycles. The Labute approximate surface area is 106 Å². The van der Waals surface area contributed by atoms with Gasteiger partial charge in [-0.05, 0) is 38.8 Å². The summed E-state index contributed by atoms with van der Waals surface area (Å²) in [5, 5.41) is 9.84. The van der Waals surface area contributed by atoms with Crippen LogP contribution in [0.4, 0.5) is 0 Å². The third kappa shape index (κ3) is 3.96. The molecule has 0 aromatic rings. The Bertz CT molecular complexity index is 201. The fourth-order valence-corrected chi connectivity index (χ4v) is 3.61. The van der Waals surface area contributed by atoms with Crippen molar-refractivity contribution in [2.45, 2.75) is 64.2 Å². The maximum absolute atomic E-state index is 9.84.